The van der Waals surface area contributed by atoms with Crippen LogP contribution in [-0.4, -0.2) is 27.4 Å². The number of amides is 1. The van der Waals surface area contributed by atoms with Gasteiger partial charge in [-0.25, -0.2) is 10.4 Å². The number of thioether (sulfide) groups is 1. The van der Waals surface area contributed by atoms with Crippen LogP contribution in [0.5, 0.6) is 0 Å². The summed E-state index contributed by atoms with van der Waals surface area (Å²) in [5.74, 6) is -0.297. The van der Waals surface area contributed by atoms with Gasteiger partial charge in [0.1, 0.15) is 4.83 Å². The van der Waals surface area contributed by atoms with E-state index in [1.165, 1.54) is 22.9 Å². The number of hydrazone groups is 1. The van der Waals surface area contributed by atoms with E-state index < -0.39 is 0 Å². The van der Waals surface area contributed by atoms with E-state index in [-0.39, 0.29) is 17.2 Å². The van der Waals surface area contributed by atoms with Gasteiger partial charge in [0, 0.05) is 19.9 Å². The Morgan fingerprint density at radius 2 is 1.97 bits per heavy atom. The zero-order valence-corrected chi connectivity index (χ0v) is 23.5. The number of aryl methyl sites for hydroxylation is 2. The van der Waals surface area contributed by atoms with Gasteiger partial charge in [0.15, 0.2) is 5.16 Å². The number of thiophene rings is 1. The Labute approximate surface area is 233 Å². The van der Waals surface area contributed by atoms with Gasteiger partial charge in [-0.1, -0.05) is 57.0 Å². The van der Waals surface area contributed by atoms with Gasteiger partial charge < -0.3 is 0 Å². The monoisotopic (exact) mass is 620 g/mol. The van der Waals surface area contributed by atoms with Crippen molar-refractivity contribution < 1.29 is 4.79 Å². The molecule has 11 heteroatoms. The topological polar surface area (TPSA) is 76.3 Å². The lowest BCUT2D eigenvalue weighted by Gasteiger charge is -2.13. The Balaban J connectivity index is 1.42. The van der Waals surface area contributed by atoms with Crippen molar-refractivity contribution >= 4 is 84.6 Å². The summed E-state index contributed by atoms with van der Waals surface area (Å²) in [7, 11) is 0. The highest BCUT2D eigenvalue weighted by molar-refractivity contribution is 9.10. The molecule has 6 nitrogen and oxygen atoms in total. The zero-order valence-electron chi connectivity index (χ0n) is 18.8. The molecule has 0 saturated carbocycles. The molecule has 184 valence electrons. The van der Waals surface area contributed by atoms with Crippen molar-refractivity contribution in [2.24, 2.45) is 5.10 Å². The fourth-order valence-electron chi connectivity index (χ4n) is 4.04. The first kappa shape index (κ1) is 25.5. The molecule has 0 unspecified atom stereocenters. The molecule has 0 aliphatic heterocycles. The fraction of sp³-hybridized carbons (Fsp3) is 0.200. The van der Waals surface area contributed by atoms with E-state index in [9.17, 15) is 9.59 Å². The smallest absolute Gasteiger partial charge is 0.267 e. The van der Waals surface area contributed by atoms with E-state index in [0.29, 0.717) is 31.8 Å². The third kappa shape index (κ3) is 5.40. The van der Waals surface area contributed by atoms with Crippen LogP contribution in [0.3, 0.4) is 0 Å². The van der Waals surface area contributed by atoms with Crippen LogP contribution in [0.1, 0.15) is 28.8 Å². The quantitative estimate of drug-likeness (QED) is 0.113. The van der Waals surface area contributed by atoms with Crippen LogP contribution in [0, 0.1) is 0 Å². The Bertz CT molecular complexity index is 1550. The minimum atomic E-state index is -0.330. The zero-order chi connectivity index (χ0) is 25.2. The lowest BCUT2D eigenvalue weighted by molar-refractivity contribution is -0.118. The highest BCUT2D eigenvalue weighted by atomic mass is 79.9. The molecule has 5 rings (SSSR count). The molecule has 0 bridgehead atoms. The summed E-state index contributed by atoms with van der Waals surface area (Å²) in [5, 5.41) is 6.11. The first-order chi connectivity index (χ1) is 17.4. The van der Waals surface area contributed by atoms with E-state index in [0.717, 1.165) is 40.5 Å². The average Bonchev–Trinajstić information content (AvgIpc) is 3.23. The van der Waals surface area contributed by atoms with Crippen molar-refractivity contribution in [1.82, 2.24) is 15.0 Å². The Morgan fingerprint density at radius 3 is 2.75 bits per heavy atom. The second kappa shape index (κ2) is 11.1. The minimum absolute atomic E-state index is 0.0330. The van der Waals surface area contributed by atoms with Crippen LogP contribution in [0.2, 0.25) is 10.0 Å². The first-order valence-electron chi connectivity index (χ1n) is 11.1. The van der Waals surface area contributed by atoms with Gasteiger partial charge in [-0.3, -0.25) is 14.2 Å². The van der Waals surface area contributed by atoms with Crippen LogP contribution >= 0.6 is 62.2 Å². The molecule has 2 aromatic carbocycles. The van der Waals surface area contributed by atoms with Crippen molar-refractivity contribution in [3.05, 3.63) is 83.3 Å². The molecule has 0 radical (unpaired) electrons. The molecule has 0 fully saturated rings. The molecule has 2 aromatic heterocycles. The fourth-order valence-corrected chi connectivity index (χ4v) is 6.87. The Morgan fingerprint density at radius 1 is 1.19 bits per heavy atom. The maximum absolute atomic E-state index is 13.8. The molecule has 1 amide bonds. The van der Waals surface area contributed by atoms with E-state index in [4.69, 9.17) is 28.2 Å². The Kier molecular flexibility index (Phi) is 7.83. The summed E-state index contributed by atoms with van der Waals surface area (Å²) in [6, 6.07) is 12.5. The van der Waals surface area contributed by atoms with Crippen molar-refractivity contribution in [3.63, 3.8) is 0 Å². The number of hydrogen-bond acceptors (Lipinski definition) is 6. The molecule has 2 heterocycles. The van der Waals surface area contributed by atoms with Gasteiger partial charge in [-0.05, 0) is 67.6 Å². The predicted octanol–water partition coefficient (Wildman–Crippen LogP) is 6.64. The van der Waals surface area contributed by atoms with Crippen molar-refractivity contribution in [3.8, 4) is 5.69 Å². The Hall–Kier alpha value is -2.17. The summed E-state index contributed by atoms with van der Waals surface area (Å²) in [5.41, 5.74) is 4.87. The van der Waals surface area contributed by atoms with Gasteiger partial charge in [0.05, 0.1) is 28.1 Å². The molecular formula is C25H19BrCl2N4O2S2. The summed E-state index contributed by atoms with van der Waals surface area (Å²) in [6.45, 7) is 0. The summed E-state index contributed by atoms with van der Waals surface area (Å²) in [6.07, 6.45) is 5.55. The molecule has 4 aromatic rings. The third-order valence-corrected chi connectivity index (χ3v) is 8.95. The van der Waals surface area contributed by atoms with Crippen LogP contribution in [-0.2, 0) is 17.6 Å². The SMILES string of the molecule is O=C(CSc1nc2sc3c(c2c(=O)n1-c1ccc(Br)cc1)CCCC3)NN=Cc1ccc(Cl)cc1Cl. The number of nitrogens with one attached hydrogen (secondary N) is 1. The summed E-state index contributed by atoms with van der Waals surface area (Å²) < 4.78 is 2.51. The molecule has 0 atom stereocenters. The molecule has 36 heavy (non-hydrogen) atoms. The normalized spacial score (nSPS) is 13.3. The lowest BCUT2D eigenvalue weighted by Crippen LogP contribution is -2.24. The van der Waals surface area contributed by atoms with Crippen LogP contribution in [0.4, 0.5) is 0 Å². The van der Waals surface area contributed by atoms with Crippen LogP contribution < -0.4 is 11.0 Å². The van der Waals surface area contributed by atoms with Gasteiger partial charge >= 0.3 is 0 Å². The molecule has 1 N–H and O–H groups in total. The number of halogens is 3. The second-order valence-corrected chi connectivity index (χ2v) is 11.9. The minimum Gasteiger partial charge on any atom is -0.272 e. The van der Waals surface area contributed by atoms with E-state index in [2.05, 4.69) is 26.5 Å². The van der Waals surface area contributed by atoms with E-state index in [1.54, 1.807) is 34.1 Å². The second-order valence-electron chi connectivity index (χ2n) is 8.15. The summed E-state index contributed by atoms with van der Waals surface area (Å²) >= 11 is 18.3. The van der Waals surface area contributed by atoms with Gasteiger partial charge in [-0.15, -0.1) is 11.3 Å². The largest absolute Gasteiger partial charge is 0.272 e. The number of fused-ring (bicyclic) bond motifs is 3. The first-order valence-corrected chi connectivity index (χ1v) is 14.5. The maximum Gasteiger partial charge on any atom is 0.267 e. The third-order valence-electron chi connectivity index (χ3n) is 5.73. The summed E-state index contributed by atoms with van der Waals surface area (Å²) in [4.78, 5) is 33.1. The molecule has 1 aliphatic rings. The number of carbonyl (C=O) groups excluding carboxylic acids is 1. The van der Waals surface area contributed by atoms with Crippen molar-refractivity contribution in [1.29, 1.82) is 0 Å². The number of aromatic nitrogens is 2. The van der Waals surface area contributed by atoms with Gasteiger partial charge in [-0.2, -0.15) is 5.10 Å². The molecule has 0 spiro atoms. The van der Waals surface area contributed by atoms with E-state index >= 15 is 0 Å². The lowest BCUT2D eigenvalue weighted by atomic mass is 9.97. The standard InChI is InChI=1S/C25H19BrCl2N4O2S2/c26-15-6-9-17(10-7-15)32-24(34)22-18-3-1-2-4-20(18)36-23(22)30-25(32)35-13-21(33)31-29-12-14-5-8-16(27)11-19(14)28/h5-12H,1-4,13H2,(H,31,33). The van der Waals surface area contributed by atoms with Gasteiger partial charge in [0.25, 0.3) is 11.5 Å². The number of carbonyl (C=O) groups is 1. The number of rotatable bonds is 6. The van der Waals surface area contributed by atoms with Crippen molar-refractivity contribution in [2.75, 3.05) is 5.75 Å². The van der Waals surface area contributed by atoms with Crippen LogP contribution in [0.15, 0.2) is 62.0 Å². The average molecular weight is 622 g/mol. The van der Waals surface area contributed by atoms with Crippen LogP contribution in [0.25, 0.3) is 15.9 Å². The number of hydrogen-bond donors (Lipinski definition) is 1. The van der Waals surface area contributed by atoms with E-state index in [1.807, 2.05) is 24.3 Å². The highest BCUT2D eigenvalue weighted by Gasteiger charge is 2.23. The number of benzene rings is 2. The van der Waals surface area contributed by atoms with Crippen molar-refractivity contribution in [2.45, 2.75) is 30.8 Å². The molecule has 1 aliphatic carbocycles. The molecule has 0 saturated heterocycles. The predicted molar refractivity (Wildman–Crippen MR) is 152 cm³/mol. The molecular weight excluding hydrogens is 603 g/mol. The number of nitrogens with zero attached hydrogens (tertiary/aromatic N) is 3. The highest BCUT2D eigenvalue weighted by Crippen LogP contribution is 2.35. The van der Waals surface area contributed by atoms with Gasteiger partial charge in [0.2, 0.25) is 0 Å². The maximum atomic E-state index is 13.8.